The van der Waals surface area contributed by atoms with E-state index in [9.17, 15) is 14.4 Å². The lowest BCUT2D eigenvalue weighted by Crippen LogP contribution is -2.44. The summed E-state index contributed by atoms with van der Waals surface area (Å²) in [6.45, 7) is 1.62. The molecule has 1 aliphatic heterocycles. The summed E-state index contributed by atoms with van der Waals surface area (Å²) in [5.74, 6) is -0.0795. The Bertz CT molecular complexity index is 968. The molecule has 2 heterocycles. The van der Waals surface area contributed by atoms with Crippen molar-refractivity contribution in [2.45, 2.75) is 44.7 Å². The number of amides is 4. The fourth-order valence-corrected chi connectivity index (χ4v) is 4.00. The van der Waals surface area contributed by atoms with Crippen LogP contribution >= 0.6 is 0 Å². The van der Waals surface area contributed by atoms with Crippen molar-refractivity contribution in [2.24, 2.45) is 0 Å². The van der Waals surface area contributed by atoms with E-state index in [-0.39, 0.29) is 19.0 Å². The molecule has 1 aromatic carbocycles. The van der Waals surface area contributed by atoms with Gasteiger partial charge in [0.15, 0.2) is 0 Å². The first kappa shape index (κ1) is 19.9. The number of carbonyl (C=O) groups is 3. The Morgan fingerprint density at radius 3 is 2.63 bits per heavy atom. The molecule has 1 aliphatic carbocycles. The van der Waals surface area contributed by atoms with Crippen molar-refractivity contribution in [1.82, 2.24) is 15.1 Å². The van der Waals surface area contributed by atoms with E-state index in [1.807, 2.05) is 24.3 Å². The highest BCUT2D eigenvalue weighted by molar-refractivity contribution is 6.09. The molecule has 1 atom stereocenters. The first-order valence-corrected chi connectivity index (χ1v) is 10.2. The van der Waals surface area contributed by atoms with E-state index in [0.717, 1.165) is 36.3 Å². The smallest absolute Gasteiger partial charge is 0.325 e. The minimum absolute atomic E-state index is 0.275. The zero-order chi connectivity index (χ0) is 21.1. The van der Waals surface area contributed by atoms with Crippen LogP contribution in [0, 0.1) is 0 Å². The standard InChI is InChI=1S/C23H25N3O4/c1-23(17-9-4-2-5-10-17)21(28)26(22(29)24-23)16-20(27)25(15-19-13-8-14-30-19)18-11-6-3-7-12-18/h2,4-5,8-11,13-14H,3,6-7,12,15-16H2,1H3,(H,24,29)/t23-/m0/s1. The maximum atomic E-state index is 13.2. The molecule has 7 nitrogen and oxygen atoms in total. The second-order valence-corrected chi connectivity index (χ2v) is 7.81. The summed E-state index contributed by atoms with van der Waals surface area (Å²) in [4.78, 5) is 41.6. The van der Waals surface area contributed by atoms with Gasteiger partial charge in [-0.3, -0.25) is 14.5 Å². The number of hydrogen-bond donors (Lipinski definition) is 1. The summed E-state index contributed by atoms with van der Waals surface area (Å²) in [6, 6.07) is 12.1. The summed E-state index contributed by atoms with van der Waals surface area (Å²) in [7, 11) is 0. The first-order valence-electron chi connectivity index (χ1n) is 10.2. The van der Waals surface area contributed by atoms with Crippen molar-refractivity contribution in [2.75, 3.05) is 6.54 Å². The van der Waals surface area contributed by atoms with E-state index in [2.05, 4.69) is 11.4 Å². The summed E-state index contributed by atoms with van der Waals surface area (Å²) in [5.41, 5.74) is 0.412. The zero-order valence-corrected chi connectivity index (χ0v) is 17.0. The fourth-order valence-electron chi connectivity index (χ4n) is 4.00. The molecule has 0 saturated carbocycles. The highest BCUT2D eigenvalue weighted by Crippen LogP contribution is 2.29. The van der Waals surface area contributed by atoms with Gasteiger partial charge >= 0.3 is 6.03 Å². The number of rotatable bonds is 6. The highest BCUT2D eigenvalue weighted by Gasteiger charge is 2.49. The maximum Gasteiger partial charge on any atom is 0.325 e. The monoisotopic (exact) mass is 407 g/mol. The lowest BCUT2D eigenvalue weighted by Gasteiger charge is -2.28. The predicted octanol–water partition coefficient (Wildman–Crippen LogP) is 3.53. The van der Waals surface area contributed by atoms with Crippen LogP contribution in [0.3, 0.4) is 0 Å². The number of hydrogen-bond acceptors (Lipinski definition) is 4. The van der Waals surface area contributed by atoms with Crippen LogP contribution in [0.1, 0.15) is 43.9 Å². The fraction of sp³-hybridized carbons (Fsp3) is 0.348. The van der Waals surface area contributed by atoms with Gasteiger partial charge in [-0.1, -0.05) is 36.4 Å². The molecule has 1 saturated heterocycles. The Balaban J connectivity index is 1.55. The SMILES string of the molecule is C[C@@]1(c2ccccc2)NC(=O)N(CC(=O)N(Cc2ccco2)C2=CCCCC2)C1=O. The summed E-state index contributed by atoms with van der Waals surface area (Å²) >= 11 is 0. The van der Waals surface area contributed by atoms with Crippen LogP contribution in [0.25, 0.3) is 0 Å². The Kier molecular flexibility index (Phi) is 5.44. The van der Waals surface area contributed by atoms with E-state index >= 15 is 0 Å². The summed E-state index contributed by atoms with van der Waals surface area (Å²) < 4.78 is 5.43. The predicted molar refractivity (Wildman–Crippen MR) is 110 cm³/mol. The third kappa shape index (κ3) is 3.75. The van der Waals surface area contributed by atoms with Gasteiger partial charge in [0.2, 0.25) is 5.91 Å². The maximum absolute atomic E-state index is 13.2. The van der Waals surface area contributed by atoms with Gasteiger partial charge < -0.3 is 14.6 Å². The van der Waals surface area contributed by atoms with Gasteiger partial charge in [0.25, 0.3) is 5.91 Å². The Hall–Kier alpha value is -3.35. The van der Waals surface area contributed by atoms with Gasteiger partial charge in [-0.05, 0) is 50.3 Å². The minimum atomic E-state index is -1.19. The van der Waals surface area contributed by atoms with E-state index in [4.69, 9.17) is 4.42 Å². The van der Waals surface area contributed by atoms with Gasteiger partial charge in [0, 0.05) is 5.70 Å². The highest BCUT2D eigenvalue weighted by atomic mass is 16.3. The van der Waals surface area contributed by atoms with Crippen LogP contribution < -0.4 is 5.32 Å². The van der Waals surface area contributed by atoms with Crippen LogP contribution in [0.15, 0.2) is 64.9 Å². The van der Waals surface area contributed by atoms with Gasteiger partial charge in [-0.15, -0.1) is 0 Å². The van der Waals surface area contributed by atoms with Crippen molar-refractivity contribution in [3.05, 3.63) is 71.8 Å². The molecule has 1 aromatic heterocycles. The van der Waals surface area contributed by atoms with Gasteiger partial charge in [0.05, 0.1) is 12.8 Å². The van der Waals surface area contributed by atoms with Crippen LogP contribution in [-0.4, -0.2) is 34.2 Å². The number of nitrogens with one attached hydrogen (secondary N) is 1. The first-order chi connectivity index (χ1) is 14.5. The number of furan rings is 1. The normalized spacial score (nSPS) is 21.4. The molecule has 4 amide bonds. The molecule has 7 heteroatoms. The second-order valence-electron chi connectivity index (χ2n) is 7.81. The van der Waals surface area contributed by atoms with Crippen molar-refractivity contribution in [3.8, 4) is 0 Å². The third-order valence-electron chi connectivity index (χ3n) is 5.73. The third-order valence-corrected chi connectivity index (χ3v) is 5.73. The average molecular weight is 407 g/mol. The van der Waals surface area contributed by atoms with E-state index in [0.29, 0.717) is 11.3 Å². The lowest BCUT2D eigenvalue weighted by molar-refractivity contribution is -0.138. The molecular weight excluding hydrogens is 382 g/mol. The Labute approximate surface area is 175 Å². The van der Waals surface area contributed by atoms with Crippen LogP contribution in [0.2, 0.25) is 0 Å². The molecular formula is C23H25N3O4. The molecule has 2 aliphatic rings. The topological polar surface area (TPSA) is 82.9 Å². The quantitative estimate of drug-likeness (QED) is 0.743. The van der Waals surface area contributed by atoms with E-state index in [1.165, 1.54) is 0 Å². The number of carbonyl (C=O) groups excluding carboxylic acids is 3. The number of allylic oxidation sites excluding steroid dienone is 2. The number of urea groups is 1. The minimum Gasteiger partial charge on any atom is -0.467 e. The van der Waals surface area contributed by atoms with E-state index < -0.39 is 17.5 Å². The molecule has 1 N–H and O–H groups in total. The lowest BCUT2D eigenvalue weighted by atomic mass is 9.92. The second kappa shape index (κ2) is 8.18. The van der Waals surface area contributed by atoms with Crippen molar-refractivity contribution in [1.29, 1.82) is 0 Å². The summed E-state index contributed by atoms with van der Waals surface area (Å²) in [6.07, 6.45) is 7.42. The van der Waals surface area contributed by atoms with E-state index in [1.54, 1.807) is 36.3 Å². The Morgan fingerprint density at radius 2 is 1.97 bits per heavy atom. The van der Waals surface area contributed by atoms with Crippen LogP contribution in [-0.2, 0) is 21.7 Å². The number of nitrogens with zero attached hydrogens (tertiary/aromatic N) is 2. The zero-order valence-electron chi connectivity index (χ0n) is 17.0. The molecule has 0 spiro atoms. The largest absolute Gasteiger partial charge is 0.467 e. The van der Waals surface area contributed by atoms with Crippen molar-refractivity contribution < 1.29 is 18.8 Å². The molecule has 1 fully saturated rings. The number of imide groups is 1. The molecule has 0 bridgehead atoms. The Morgan fingerprint density at radius 1 is 1.17 bits per heavy atom. The van der Waals surface area contributed by atoms with Gasteiger partial charge in [-0.25, -0.2) is 4.79 Å². The summed E-state index contributed by atoms with van der Waals surface area (Å²) in [5, 5.41) is 2.75. The molecule has 156 valence electrons. The molecule has 2 aromatic rings. The van der Waals surface area contributed by atoms with Crippen LogP contribution in [0.4, 0.5) is 4.79 Å². The van der Waals surface area contributed by atoms with Crippen molar-refractivity contribution in [3.63, 3.8) is 0 Å². The molecule has 4 rings (SSSR count). The average Bonchev–Trinajstić information content (AvgIpc) is 3.36. The van der Waals surface area contributed by atoms with Crippen LogP contribution in [0.5, 0.6) is 0 Å². The van der Waals surface area contributed by atoms with Crippen molar-refractivity contribution >= 4 is 17.8 Å². The molecule has 0 radical (unpaired) electrons. The number of benzene rings is 1. The molecule has 30 heavy (non-hydrogen) atoms. The van der Waals surface area contributed by atoms with Gasteiger partial charge in [-0.2, -0.15) is 0 Å². The van der Waals surface area contributed by atoms with Gasteiger partial charge in [0.1, 0.15) is 17.8 Å². The molecule has 0 unspecified atom stereocenters.